The van der Waals surface area contributed by atoms with Gasteiger partial charge in [-0.3, -0.25) is 9.59 Å². The molecular formula is C11H12O3. The molecule has 0 N–H and O–H groups in total. The first-order valence-electron chi connectivity index (χ1n) is 4.26. The third-order valence-electron chi connectivity index (χ3n) is 2.12. The van der Waals surface area contributed by atoms with Crippen LogP contribution >= 0.6 is 0 Å². The molecule has 74 valence electrons. The molecule has 0 saturated heterocycles. The number of rotatable bonds is 2. The van der Waals surface area contributed by atoms with E-state index in [4.69, 9.17) is 4.74 Å². The molecule has 0 unspecified atom stereocenters. The van der Waals surface area contributed by atoms with Crippen molar-refractivity contribution in [1.82, 2.24) is 0 Å². The minimum absolute atomic E-state index is 0.0905. The third kappa shape index (κ3) is 1.99. The van der Waals surface area contributed by atoms with Gasteiger partial charge in [0.2, 0.25) is 0 Å². The van der Waals surface area contributed by atoms with Crippen molar-refractivity contribution in [2.24, 2.45) is 0 Å². The minimum atomic E-state index is -0.183. The molecule has 0 saturated carbocycles. The second-order valence-corrected chi connectivity index (χ2v) is 3.04. The van der Waals surface area contributed by atoms with Crippen LogP contribution in [0.5, 0.6) is 0 Å². The first-order valence-corrected chi connectivity index (χ1v) is 4.26. The van der Waals surface area contributed by atoms with Gasteiger partial charge < -0.3 is 4.74 Å². The fourth-order valence-electron chi connectivity index (χ4n) is 1.13. The lowest BCUT2D eigenvalue weighted by atomic mass is 9.98. The predicted molar refractivity (Wildman–Crippen MR) is 52.6 cm³/mol. The number of carbonyl (C=O) groups is 2. The van der Waals surface area contributed by atoms with Crippen molar-refractivity contribution in [3.05, 3.63) is 35.1 Å². The van der Waals surface area contributed by atoms with E-state index in [-0.39, 0.29) is 11.6 Å². The lowest BCUT2D eigenvalue weighted by molar-refractivity contribution is -0.115. The standard InChI is InChI=1S/C11H12O3/c1-7(8(2)12)10-5-4-9(14-3)6-11(10)13/h4-6H,1-3H3/b10-7-. The largest absolute Gasteiger partial charge is 0.497 e. The molecule has 3 heteroatoms. The second-order valence-electron chi connectivity index (χ2n) is 3.04. The molecule has 0 radical (unpaired) electrons. The summed E-state index contributed by atoms with van der Waals surface area (Å²) in [5.74, 6) is 0.236. The van der Waals surface area contributed by atoms with Crippen LogP contribution in [-0.4, -0.2) is 18.7 Å². The predicted octanol–water partition coefficient (Wildman–Crippen LogP) is 1.56. The van der Waals surface area contributed by atoms with Gasteiger partial charge in [-0.1, -0.05) is 0 Å². The lowest BCUT2D eigenvalue weighted by Gasteiger charge is -2.08. The number of allylic oxidation sites excluding steroid dienone is 5. The van der Waals surface area contributed by atoms with Gasteiger partial charge in [0, 0.05) is 17.2 Å². The van der Waals surface area contributed by atoms with Crippen LogP contribution in [0.2, 0.25) is 0 Å². The average molecular weight is 192 g/mol. The fourth-order valence-corrected chi connectivity index (χ4v) is 1.13. The summed E-state index contributed by atoms with van der Waals surface area (Å²) < 4.78 is 4.90. The van der Waals surface area contributed by atoms with Gasteiger partial charge in [0.15, 0.2) is 11.6 Å². The van der Waals surface area contributed by atoms with E-state index >= 15 is 0 Å². The Balaban J connectivity index is 3.07. The number of hydrogen-bond acceptors (Lipinski definition) is 3. The Labute approximate surface area is 82.8 Å². The molecular weight excluding hydrogens is 180 g/mol. The molecule has 1 aliphatic carbocycles. The highest BCUT2D eigenvalue weighted by molar-refractivity contribution is 6.13. The maximum atomic E-state index is 11.5. The Morgan fingerprint density at radius 1 is 1.29 bits per heavy atom. The van der Waals surface area contributed by atoms with E-state index in [2.05, 4.69) is 0 Å². The maximum absolute atomic E-state index is 11.5. The number of ether oxygens (including phenoxy) is 1. The summed E-state index contributed by atoms with van der Waals surface area (Å²) in [5.41, 5.74) is 0.927. The summed E-state index contributed by atoms with van der Waals surface area (Å²) in [4.78, 5) is 22.5. The van der Waals surface area contributed by atoms with E-state index in [9.17, 15) is 9.59 Å². The van der Waals surface area contributed by atoms with Gasteiger partial charge in [0.25, 0.3) is 0 Å². The zero-order valence-corrected chi connectivity index (χ0v) is 8.46. The Kier molecular flexibility index (Phi) is 3.02. The van der Waals surface area contributed by atoms with Crippen LogP contribution in [0.25, 0.3) is 0 Å². The molecule has 0 atom stereocenters. The first kappa shape index (κ1) is 10.4. The minimum Gasteiger partial charge on any atom is -0.497 e. The van der Waals surface area contributed by atoms with E-state index in [0.29, 0.717) is 16.9 Å². The summed E-state index contributed by atoms with van der Waals surface area (Å²) in [7, 11) is 1.50. The van der Waals surface area contributed by atoms with E-state index < -0.39 is 0 Å². The number of ketones is 2. The van der Waals surface area contributed by atoms with Crippen LogP contribution in [0.4, 0.5) is 0 Å². The summed E-state index contributed by atoms with van der Waals surface area (Å²) in [6.45, 7) is 3.09. The molecule has 0 bridgehead atoms. The molecule has 1 rings (SSSR count). The molecule has 0 spiro atoms. The van der Waals surface area contributed by atoms with Gasteiger partial charge in [0.05, 0.1) is 7.11 Å². The zero-order valence-electron chi connectivity index (χ0n) is 8.46. The van der Waals surface area contributed by atoms with Gasteiger partial charge in [-0.25, -0.2) is 0 Å². The van der Waals surface area contributed by atoms with Gasteiger partial charge in [0.1, 0.15) is 5.76 Å². The monoisotopic (exact) mass is 192 g/mol. The van der Waals surface area contributed by atoms with Crippen LogP contribution in [0.3, 0.4) is 0 Å². The van der Waals surface area contributed by atoms with Crippen molar-refractivity contribution < 1.29 is 14.3 Å². The number of carbonyl (C=O) groups excluding carboxylic acids is 2. The Morgan fingerprint density at radius 3 is 2.36 bits per heavy atom. The molecule has 0 amide bonds. The van der Waals surface area contributed by atoms with E-state index in [1.54, 1.807) is 19.1 Å². The van der Waals surface area contributed by atoms with E-state index in [1.165, 1.54) is 20.1 Å². The van der Waals surface area contributed by atoms with Crippen molar-refractivity contribution >= 4 is 11.6 Å². The van der Waals surface area contributed by atoms with Crippen LogP contribution in [0.15, 0.2) is 35.1 Å². The highest BCUT2D eigenvalue weighted by atomic mass is 16.5. The summed E-state index contributed by atoms with van der Waals surface area (Å²) >= 11 is 0. The smallest absolute Gasteiger partial charge is 0.189 e. The SMILES string of the molecule is COC1=CC(=O)/C(=C(/C)C(C)=O)C=C1. The van der Waals surface area contributed by atoms with Crippen molar-refractivity contribution in [2.75, 3.05) is 7.11 Å². The molecule has 1 aliphatic rings. The van der Waals surface area contributed by atoms with Crippen LogP contribution in [-0.2, 0) is 14.3 Å². The Hall–Kier alpha value is -1.64. The fraction of sp³-hybridized carbons (Fsp3) is 0.273. The molecule has 3 nitrogen and oxygen atoms in total. The maximum Gasteiger partial charge on any atom is 0.189 e. The molecule has 0 aromatic rings. The number of Topliss-reactive ketones (excluding diaryl/α,β-unsaturated/α-hetero) is 1. The number of hydrogen-bond donors (Lipinski definition) is 0. The molecule has 0 aromatic carbocycles. The molecule has 0 aromatic heterocycles. The van der Waals surface area contributed by atoms with Gasteiger partial charge in [-0.15, -0.1) is 0 Å². The topological polar surface area (TPSA) is 43.4 Å². The molecule has 14 heavy (non-hydrogen) atoms. The average Bonchev–Trinajstić information content (AvgIpc) is 2.16. The summed E-state index contributed by atoms with van der Waals surface area (Å²) in [6, 6.07) is 0. The zero-order chi connectivity index (χ0) is 10.7. The van der Waals surface area contributed by atoms with Gasteiger partial charge >= 0.3 is 0 Å². The van der Waals surface area contributed by atoms with Crippen molar-refractivity contribution in [2.45, 2.75) is 13.8 Å². The van der Waals surface area contributed by atoms with Crippen LogP contribution < -0.4 is 0 Å². The normalized spacial score (nSPS) is 19.1. The second kappa shape index (κ2) is 4.05. The van der Waals surface area contributed by atoms with E-state index in [0.717, 1.165) is 0 Å². The molecule has 0 heterocycles. The van der Waals surface area contributed by atoms with Crippen LogP contribution in [0.1, 0.15) is 13.8 Å². The summed E-state index contributed by atoms with van der Waals surface area (Å²) in [5, 5.41) is 0. The molecule has 0 aliphatic heterocycles. The Bertz CT molecular complexity index is 370. The van der Waals surface area contributed by atoms with E-state index in [1.807, 2.05) is 0 Å². The van der Waals surface area contributed by atoms with Gasteiger partial charge in [-0.05, 0) is 26.0 Å². The van der Waals surface area contributed by atoms with Crippen molar-refractivity contribution in [3.63, 3.8) is 0 Å². The Morgan fingerprint density at radius 2 is 1.93 bits per heavy atom. The van der Waals surface area contributed by atoms with Crippen molar-refractivity contribution in [3.8, 4) is 0 Å². The third-order valence-corrected chi connectivity index (χ3v) is 2.12. The van der Waals surface area contributed by atoms with Crippen molar-refractivity contribution in [1.29, 1.82) is 0 Å². The highest BCUT2D eigenvalue weighted by Gasteiger charge is 2.15. The quantitative estimate of drug-likeness (QED) is 0.623. The highest BCUT2D eigenvalue weighted by Crippen LogP contribution is 2.16. The molecule has 0 fully saturated rings. The van der Waals surface area contributed by atoms with Crippen LogP contribution in [0, 0.1) is 0 Å². The lowest BCUT2D eigenvalue weighted by Crippen LogP contribution is -2.08. The summed E-state index contributed by atoms with van der Waals surface area (Å²) in [6.07, 6.45) is 4.66. The van der Waals surface area contributed by atoms with Gasteiger partial charge in [-0.2, -0.15) is 0 Å². The first-order chi connectivity index (χ1) is 6.56. The number of methoxy groups -OCH3 is 1.